The predicted octanol–water partition coefficient (Wildman–Crippen LogP) is 2.91. The predicted molar refractivity (Wildman–Crippen MR) is 88.2 cm³/mol. The lowest BCUT2D eigenvalue weighted by Crippen LogP contribution is -2.40. The zero-order valence-corrected chi connectivity index (χ0v) is 13.6. The third-order valence-corrected chi connectivity index (χ3v) is 4.84. The average molecular weight is 329 g/mol. The smallest absolute Gasteiger partial charge is 0.223 e. The van der Waals surface area contributed by atoms with Gasteiger partial charge in [0.2, 0.25) is 5.91 Å². The molecule has 2 aliphatic rings. The second kappa shape index (κ2) is 6.99. The quantitative estimate of drug-likeness (QED) is 0.892. The van der Waals surface area contributed by atoms with Crippen molar-refractivity contribution in [2.75, 3.05) is 19.6 Å². The number of hydrogen-bond donors (Lipinski definition) is 2. The minimum Gasteiger partial charge on any atom is -0.355 e. The van der Waals surface area contributed by atoms with Crippen molar-refractivity contribution in [3.05, 3.63) is 34.9 Å². The molecule has 3 rings (SSSR count). The zero-order valence-electron chi connectivity index (χ0n) is 12.0. The Morgan fingerprint density at radius 2 is 2.05 bits per heavy atom. The number of halogens is 2. The van der Waals surface area contributed by atoms with Crippen molar-refractivity contribution >= 4 is 29.9 Å². The first-order valence-corrected chi connectivity index (χ1v) is 7.82. The Labute approximate surface area is 137 Å². The van der Waals surface area contributed by atoms with Crippen LogP contribution in [0.5, 0.6) is 0 Å². The molecule has 116 valence electrons. The Kier molecular flexibility index (Phi) is 5.53. The van der Waals surface area contributed by atoms with E-state index >= 15 is 0 Å². The standard InChI is InChI=1S/C16H21ClN2O.ClH/c17-14-3-1-2-13(10-14)16(6-7-16)11-19-15(20)12-4-8-18-9-5-12;/h1-3,10,12,18H,4-9,11H2,(H,19,20);1H. The first kappa shape index (κ1) is 16.6. The molecule has 1 aliphatic carbocycles. The molecule has 5 heteroatoms. The summed E-state index contributed by atoms with van der Waals surface area (Å²) in [5, 5.41) is 7.23. The summed E-state index contributed by atoms with van der Waals surface area (Å²) in [5.74, 6) is 0.409. The molecule has 1 saturated carbocycles. The molecule has 3 nitrogen and oxygen atoms in total. The van der Waals surface area contributed by atoms with Gasteiger partial charge >= 0.3 is 0 Å². The van der Waals surface area contributed by atoms with Crippen LogP contribution in [0.25, 0.3) is 0 Å². The Bertz CT molecular complexity index is 497. The van der Waals surface area contributed by atoms with Crippen LogP contribution in [-0.4, -0.2) is 25.5 Å². The van der Waals surface area contributed by atoms with Crippen LogP contribution < -0.4 is 10.6 Å². The van der Waals surface area contributed by atoms with Crippen molar-refractivity contribution < 1.29 is 4.79 Å². The van der Waals surface area contributed by atoms with Crippen LogP contribution in [0.4, 0.5) is 0 Å². The van der Waals surface area contributed by atoms with E-state index in [9.17, 15) is 4.79 Å². The fourth-order valence-electron chi connectivity index (χ4n) is 3.02. The highest BCUT2D eigenvalue weighted by Crippen LogP contribution is 2.48. The van der Waals surface area contributed by atoms with Gasteiger partial charge in [-0.2, -0.15) is 0 Å². The zero-order chi connectivity index (χ0) is 14.0. The maximum atomic E-state index is 12.2. The molecule has 1 heterocycles. The SMILES string of the molecule is Cl.O=C(NCC1(c2cccc(Cl)c2)CC1)C1CCNCC1. The van der Waals surface area contributed by atoms with E-state index < -0.39 is 0 Å². The van der Waals surface area contributed by atoms with E-state index in [1.165, 1.54) is 5.56 Å². The summed E-state index contributed by atoms with van der Waals surface area (Å²) in [6.45, 7) is 2.66. The van der Waals surface area contributed by atoms with Gasteiger partial charge in [0, 0.05) is 22.9 Å². The van der Waals surface area contributed by atoms with Crippen LogP contribution in [0, 0.1) is 5.92 Å². The maximum Gasteiger partial charge on any atom is 0.223 e. The van der Waals surface area contributed by atoms with Gasteiger partial charge in [-0.1, -0.05) is 23.7 Å². The summed E-state index contributed by atoms with van der Waals surface area (Å²) in [4.78, 5) is 12.2. The van der Waals surface area contributed by atoms with E-state index in [-0.39, 0.29) is 29.6 Å². The molecule has 1 aliphatic heterocycles. The van der Waals surface area contributed by atoms with Gasteiger partial charge < -0.3 is 10.6 Å². The Morgan fingerprint density at radius 3 is 2.67 bits per heavy atom. The number of piperidine rings is 1. The van der Waals surface area contributed by atoms with E-state index in [1.807, 2.05) is 18.2 Å². The molecular weight excluding hydrogens is 307 g/mol. The molecule has 0 radical (unpaired) electrons. The number of rotatable bonds is 4. The molecule has 0 unspecified atom stereocenters. The summed E-state index contributed by atoms with van der Waals surface area (Å²) < 4.78 is 0. The lowest BCUT2D eigenvalue weighted by atomic mass is 9.94. The third-order valence-electron chi connectivity index (χ3n) is 4.60. The van der Waals surface area contributed by atoms with Crippen molar-refractivity contribution in [2.45, 2.75) is 31.1 Å². The van der Waals surface area contributed by atoms with Gasteiger partial charge in [-0.05, 0) is 56.5 Å². The molecule has 1 saturated heterocycles. The molecule has 2 N–H and O–H groups in total. The number of carbonyl (C=O) groups is 1. The van der Waals surface area contributed by atoms with E-state index in [1.54, 1.807) is 0 Å². The molecule has 1 amide bonds. The van der Waals surface area contributed by atoms with Gasteiger partial charge in [0.1, 0.15) is 0 Å². The Hall–Kier alpha value is -0.770. The van der Waals surface area contributed by atoms with Crippen LogP contribution in [-0.2, 0) is 10.2 Å². The molecule has 0 bridgehead atoms. The lowest BCUT2D eigenvalue weighted by Gasteiger charge is -2.23. The van der Waals surface area contributed by atoms with Crippen LogP contribution in [0.1, 0.15) is 31.2 Å². The number of amides is 1. The van der Waals surface area contributed by atoms with Crippen LogP contribution >= 0.6 is 24.0 Å². The number of nitrogens with one attached hydrogen (secondary N) is 2. The van der Waals surface area contributed by atoms with Gasteiger partial charge in [0.25, 0.3) is 0 Å². The summed E-state index contributed by atoms with van der Waals surface area (Å²) >= 11 is 6.07. The molecule has 1 aromatic rings. The van der Waals surface area contributed by atoms with Gasteiger partial charge in [-0.25, -0.2) is 0 Å². The van der Waals surface area contributed by atoms with Crippen molar-refractivity contribution in [2.24, 2.45) is 5.92 Å². The number of carbonyl (C=O) groups excluding carboxylic acids is 1. The van der Waals surface area contributed by atoms with Crippen molar-refractivity contribution in [1.82, 2.24) is 10.6 Å². The van der Waals surface area contributed by atoms with Gasteiger partial charge in [0.05, 0.1) is 0 Å². The average Bonchev–Trinajstić information content (AvgIpc) is 3.27. The van der Waals surface area contributed by atoms with Crippen LogP contribution in [0.15, 0.2) is 24.3 Å². The summed E-state index contributed by atoms with van der Waals surface area (Å²) in [7, 11) is 0. The minimum atomic E-state index is 0. The van der Waals surface area contributed by atoms with Crippen LogP contribution in [0.3, 0.4) is 0 Å². The van der Waals surface area contributed by atoms with E-state index in [0.717, 1.165) is 50.3 Å². The van der Waals surface area contributed by atoms with Gasteiger partial charge in [0.15, 0.2) is 0 Å². The summed E-state index contributed by atoms with van der Waals surface area (Å²) in [6.07, 6.45) is 4.19. The highest BCUT2D eigenvalue weighted by atomic mass is 35.5. The number of benzene rings is 1. The highest BCUT2D eigenvalue weighted by Gasteiger charge is 2.44. The molecule has 1 aromatic carbocycles. The number of hydrogen-bond acceptors (Lipinski definition) is 2. The normalized spacial score (nSPS) is 20.4. The third kappa shape index (κ3) is 3.91. The molecule has 21 heavy (non-hydrogen) atoms. The van der Waals surface area contributed by atoms with Crippen molar-refractivity contribution in [3.8, 4) is 0 Å². The monoisotopic (exact) mass is 328 g/mol. The Morgan fingerprint density at radius 1 is 1.33 bits per heavy atom. The van der Waals surface area contributed by atoms with E-state index in [4.69, 9.17) is 11.6 Å². The van der Waals surface area contributed by atoms with Crippen molar-refractivity contribution in [1.29, 1.82) is 0 Å². The first-order chi connectivity index (χ1) is 9.70. The largest absolute Gasteiger partial charge is 0.355 e. The summed E-state index contributed by atoms with van der Waals surface area (Å²) in [6, 6.07) is 8.04. The topological polar surface area (TPSA) is 41.1 Å². The second-order valence-corrected chi connectivity index (χ2v) is 6.47. The highest BCUT2D eigenvalue weighted by molar-refractivity contribution is 6.30. The Balaban J connectivity index is 0.00000161. The fraction of sp³-hybridized carbons (Fsp3) is 0.562. The van der Waals surface area contributed by atoms with Gasteiger partial charge in [-0.3, -0.25) is 4.79 Å². The van der Waals surface area contributed by atoms with Crippen LogP contribution in [0.2, 0.25) is 5.02 Å². The lowest BCUT2D eigenvalue weighted by molar-refractivity contribution is -0.125. The molecule has 0 aromatic heterocycles. The van der Waals surface area contributed by atoms with Gasteiger partial charge in [-0.15, -0.1) is 12.4 Å². The molecule has 0 atom stereocenters. The van der Waals surface area contributed by atoms with Crippen molar-refractivity contribution in [3.63, 3.8) is 0 Å². The van der Waals surface area contributed by atoms with E-state index in [0.29, 0.717) is 0 Å². The first-order valence-electron chi connectivity index (χ1n) is 7.44. The molecular formula is C16H22Cl2N2O. The molecule has 2 fully saturated rings. The fourth-order valence-corrected chi connectivity index (χ4v) is 3.21. The molecule has 0 spiro atoms. The summed E-state index contributed by atoms with van der Waals surface area (Å²) in [5.41, 5.74) is 1.39. The maximum absolute atomic E-state index is 12.2. The second-order valence-electron chi connectivity index (χ2n) is 6.03. The minimum absolute atomic E-state index is 0. The van der Waals surface area contributed by atoms with E-state index in [2.05, 4.69) is 16.7 Å².